The standard InChI is InChI=1S/C20H23NO2/c1-2-5-17(6-3-1)16-23-12-4-7-20-9-8-19(15-21-20)18-10-13-22-14-11-18/h1-3,5-6,8-10,15H,4,7,11-14,16H2. The first-order valence-corrected chi connectivity index (χ1v) is 8.25. The van der Waals surface area contributed by atoms with E-state index in [1.54, 1.807) is 0 Å². The van der Waals surface area contributed by atoms with E-state index in [9.17, 15) is 0 Å². The van der Waals surface area contributed by atoms with E-state index in [0.717, 1.165) is 44.8 Å². The zero-order valence-corrected chi connectivity index (χ0v) is 13.4. The molecule has 2 heterocycles. The number of nitrogens with zero attached hydrogens (tertiary/aromatic N) is 1. The molecular formula is C20H23NO2. The first-order chi connectivity index (χ1) is 11.4. The van der Waals surface area contributed by atoms with Crippen LogP contribution >= 0.6 is 0 Å². The minimum absolute atomic E-state index is 0.684. The minimum Gasteiger partial charge on any atom is -0.377 e. The normalized spacial score (nSPS) is 14.5. The maximum absolute atomic E-state index is 5.71. The van der Waals surface area contributed by atoms with Crippen molar-refractivity contribution < 1.29 is 9.47 Å². The fourth-order valence-corrected chi connectivity index (χ4v) is 2.67. The van der Waals surface area contributed by atoms with Gasteiger partial charge in [0.2, 0.25) is 0 Å². The molecule has 120 valence electrons. The van der Waals surface area contributed by atoms with Gasteiger partial charge in [0.1, 0.15) is 0 Å². The highest BCUT2D eigenvalue weighted by Crippen LogP contribution is 2.20. The van der Waals surface area contributed by atoms with E-state index in [0.29, 0.717) is 6.61 Å². The molecule has 0 unspecified atom stereocenters. The highest BCUT2D eigenvalue weighted by atomic mass is 16.5. The zero-order chi connectivity index (χ0) is 15.7. The van der Waals surface area contributed by atoms with Crippen LogP contribution in [0, 0.1) is 0 Å². The van der Waals surface area contributed by atoms with Crippen molar-refractivity contribution in [3.8, 4) is 0 Å². The molecule has 1 aliphatic rings. The molecule has 1 aromatic carbocycles. The van der Waals surface area contributed by atoms with Crippen LogP contribution in [0.5, 0.6) is 0 Å². The predicted molar refractivity (Wildman–Crippen MR) is 92.1 cm³/mol. The molecule has 3 heteroatoms. The molecule has 0 spiro atoms. The summed E-state index contributed by atoms with van der Waals surface area (Å²) in [6.07, 6.45) is 7.07. The number of ether oxygens (including phenoxy) is 2. The summed E-state index contributed by atoms with van der Waals surface area (Å²) in [5.74, 6) is 0. The first kappa shape index (κ1) is 15.9. The van der Waals surface area contributed by atoms with Gasteiger partial charge >= 0.3 is 0 Å². The van der Waals surface area contributed by atoms with Gasteiger partial charge in [-0.25, -0.2) is 0 Å². The van der Waals surface area contributed by atoms with Gasteiger partial charge in [-0.3, -0.25) is 4.98 Å². The molecule has 23 heavy (non-hydrogen) atoms. The van der Waals surface area contributed by atoms with Crippen molar-refractivity contribution in [2.24, 2.45) is 0 Å². The lowest BCUT2D eigenvalue weighted by molar-refractivity contribution is 0.118. The Kier molecular flexibility index (Phi) is 5.95. The Hall–Kier alpha value is -1.97. The summed E-state index contributed by atoms with van der Waals surface area (Å²) in [4.78, 5) is 4.57. The van der Waals surface area contributed by atoms with Crippen LogP contribution in [0.1, 0.15) is 29.7 Å². The Morgan fingerprint density at radius 2 is 2.00 bits per heavy atom. The number of benzene rings is 1. The largest absolute Gasteiger partial charge is 0.377 e. The topological polar surface area (TPSA) is 31.4 Å². The van der Waals surface area contributed by atoms with Crippen LogP contribution in [0.15, 0.2) is 54.7 Å². The fraction of sp³-hybridized carbons (Fsp3) is 0.350. The Morgan fingerprint density at radius 1 is 1.09 bits per heavy atom. The van der Waals surface area contributed by atoms with Crippen LogP contribution in [0.3, 0.4) is 0 Å². The summed E-state index contributed by atoms with van der Waals surface area (Å²) < 4.78 is 11.1. The molecule has 1 aliphatic heterocycles. The van der Waals surface area contributed by atoms with Gasteiger partial charge in [0.05, 0.1) is 19.8 Å². The summed E-state index contributed by atoms with van der Waals surface area (Å²) in [5.41, 5.74) is 4.92. The third-order valence-corrected chi connectivity index (χ3v) is 3.99. The van der Waals surface area contributed by atoms with Gasteiger partial charge in [0, 0.05) is 18.5 Å². The van der Waals surface area contributed by atoms with Crippen molar-refractivity contribution in [2.75, 3.05) is 19.8 Å². The average Bonchev–Trinajstić information content (AvgIpc) is 2.64. The summed E-state index contributed by atoms with van der Waals surface area (Å²) in [7, 11) is 0. The number of pyridine rings is 1. The Bertz CT molecular complexity index is 620. The second-order valence-electron chi connectivity index (χ2n) is 5.73. The molecule has 0 amide bonds. The molecule has 1 aromatic heterocycles. The van der Waals surface area contributed by atoms with Crippen LogP contribution in [0.4, 0.5) is 0 Å². The highest BCUT2D eigenvalue weighted by Gasteiger charge is 2.06. The van der Waals surface area contributed by atoms with Crippen LogP contribution in [0.25, 0.3) is 5.57 Å². The Labute approximate surface area is 138 Å². The molecule has 0 N–H and O–H groups in total. The summed E-state index contributed by atoms with van der Waals surface area (Å²) in [6, 6.07) is 14.6. The molecule has 0 fully saturated rings. The van der Waals surface area contributed by atoms with Gasteiger partial charge in [-0.05, 0) is 42.0 Å². The zero-order valence-electron chi connectivity index (χ0n) is 13.4. The van der Waals surface area contributed by atoms with Crippen molar-refractivity contribution in [3.05, 3.63) is 71.6 Å². The Balaban J connectivity index is 1.39. The lowest BCUT2D eigenvalue weighted by Crippen LogP contribution is -2.04. The van der Waals surface area contributed by atoms with Crippen molar-refractivity contribution in [2.45, 2.75) is 25.9 Å². The van der Waals surface area contributed by atoms with Crippen LogP contribution < -0.4 is 0 Å². The predicted octanol–water partition coefficient (Wildman–Crippen LogP) is 4.03. The van der Waals surface area contributed by atoms with Gasteiger partial charge in [0.25, 0.3) is 0 Å². The van der Waals surface area contributed by atoms with Gasteiger partial charge in [-0.15, -0.1) is 0 Å². The lowest BCUT2D eigenvalue weighted by atomic mass is 10.0. The van der Waals surface area contributed by atoms with E-state index >= 15 is 0 Å². The van der Waals surface area contributed by atoms with E-state index in [1.807, 2.05) is 24.4 Å². The molecule has 0 atom stereocenters. The summed E-state index contributed by atoms with van der Waals surface area (Å²) >= 11 is 0. The van der Waals surface area contributed by atoms with Crippen molar-refractivity contribution in [3.63, 3.8) is 0 Å². The third-order valence-electron chi connectivity index (χ3n) is 3.99. The van der Waals surface area contributed by atoms with Gasteiger partial charge in [0.15, 0.2) is 0 Å². The monoisotopic (exact) mass is 309 g/mol. The smallest absolute Gasteiger partial charge is 0.0716 e. The number of rotatable bonds is 7. The number of aryl methyl sites for hydroxylation is 1. The van der Waals surface area contributed by atoms with Crippen LogP contribution in [0.2, 0.25) is 0 Å². The first-order valence-electron chi connectivity index (χ1n) is 8.25. The van der Waals surface area contributed by atoms with Crippen molar-refractivity contribution in [1.29, 1.82) is 0 Å². The molecule has 0 aliphatic carbocycles. The Morgan fingerprint density at radius 3 is 2.74 bits per heavy atom. The molecular weight excluding hydrogens is 286 g/mol. The molecule has 3 nitrogen and oxygen atoms in total. The molecule has 0 radical (unpaired) electrons. The van der Waals surface area contributed by atoms with Gasteiger partial charge in [-0.1, -0.05) is 42.5 Å². The second kappa shape index (κ2) is 8.61. The molecule has 2 aromatic rings. The van der Waals surface area contributed by atoms with Gasteiger partial charge < -0.3 is 9.47 Å². The highest BCUT2D eigenvalue weighted by molar-refractivity contribution is 5.65. The molecule has 0 bridgehead atoms. The lowest BCUT2D eigenvalue weighted by Gasteiger charge is -2.13. The van der Waals surface area contributed by atoms with E-state index in [-0.39, 0.29) is 0 Å². The summed E-state index contributed by atoms with van der Waals surface area (Å²) in [5, 5.41) is 0. The number of aromatic nitrogens is 1. The summed E-state index contributed by atoms with van der Waals surface area (Å²) in [6.45, 7) is 2.98. The average molecular weight is 309 g/mol. The van der Waals surface area contributed by atoms with Crippen LogP contribution in [-0.4, -0.2) is 24.8 Å². The quantitative estimate of drug-likeness (QED) is 0.724. The van der Waals surface area contributed by atoms with Crippen LogP contribution in [-0.2, 0) is 22.5 Å². The van der Waals surface area contributed by atoms with Crippen molar-refractivity contribution in [1.82, 2.24) is 4.98 Å². The van der Waals surface area contributed by atoms with Crippen molar-refractivity contribution >= 4 is 5.57 Å². The maximum atomic E-state index is 5.71. The fourth-order valence-electron chi connectivity index (χ4n) is 2.67. The number of hydrogen-bond donors (Lipinski definition) is 0. The minimum atomic E-state index is 0.684. The number of hydrogen-bond acceptors (Lipinski definition) is 3. The molecule has 3 rings (SSSR count). The van der Waals surface area contributed by atoms with E-state index in [2.05, 4.69) is 35.3 Å². The van der Waals surface area contributed by atoms with E-state index < -0.39 is 0 Å². The third kappa shape index (κ3) is 5.02. The molecule has 0 saturated carbocycles. The molecule has 0 saturated heterocycles. The van der Waals surface area contributed by atoms with E-state index in [1.165, 1.54) is 16.7 Å². The second-order valence-corrected chi connectivity index (χ2v) is 5.73. The SMILES string of the molecule is C1=C(c2ccc(CCCOCc3ccccc3)nc2)CCOC1. The van der Waals surface area contributed by atoms with Gasteiger partial charge in [-0.2, -0.15) is 0 Å². The van der Waals surface area contributed by atoms with E-state index in [4.69, 9.17) is 9.47 Å². The maximum Gasteiger partial charge on any atom is 0.0716 e.